The molecule has 0 spiro atoms. The molecular formula is C12H12ClN3. The van der Waals surface area contributed by atoms with Gasteiger partial charge in [0, 0.05) is 36.1 Å². The number of rotatable bonds is 0. The fourth-order valence-electron chi connectivity index (χ4n) is 2.22. The van der Waals surface area contributed by atoms with Crippen molar-refractivity contribution in [2.75, 3.05) is 6.54 Å². The molecule has 82 valence electrons. The number of halogens is 1. The summed E-state index contributed by atoms with van der Waals surface area (Å²) in [5.74, 6) is 0. The van der Waals surface area contributed by atoms with E-state index in [4.69, 9.17) is 5.26 Å². The van der Waals surface area contributed by atoms with Gasteiger partial charge in [0.2, 0.25) is 0 Å². The molecule has 16 heavy (non-hydrogen) atoms. The minimum absolute atomic E-state index is 0. The highest BCUT2D eigenvalue weighted by Crippen LogP contribution is 2.25. The Kier molecular flexibility index (Phi) is 2.86. The fourth-order valence-corrected chi connectivity index (χ4v) is 2.22. The SMILES string of the molecule is Cl.N#Cc1ccc2[nH]c3c(c2c1)CNCC3. The minimum atomic E-state index is 0. The van der Waals surface area contributed by atoms with Crippen molar-refractivity contribution in [1.29, 1.82) is 5.26 Å². The smallest absolute Gasteiger partial charge is 0.0991 e. The van der Waals surface area contributed by atoms with Crippen molar-refractivity contribution in [3.8, 4) is 6.07 Å². The summed E-state index contributed by atoms with van der Waals surface area (Å²) in [6.07, 6.45) is 1.05. The molecule has 1 aromatic heterocycles. The van der Waals surface area contributed by atoms with Gasteiger partial charge in [-0.15, -0.1) is 12.4 Å². The lowest BCUT2D eigenvalue weighted by atomic mass is 10.0. The highest BCUT2D eigenvalue weighted by atomic mass is 35.5. The van der Waals surface area contributed by atoms with Crippen molar-refractivity contribution in [1.82, 2.24) is 10.3 Å². The van der Waals surface area contributed by atoms with E-state index in [9.17, 15) is 0 Å². The molecule has 0 aliphatic carbocycles. The van der Waals surface area contributed by atoms with E-state index in [2.05, 4.69) is 16.4 Å². The van der Waals surface area contributed by atoms with E-state index < -0.39 is 0 Å². The molecule has 0 fully saturated rings. The quantitative estimate of drug-likeness (QED) is 0.732. The first-order valence-electron chi connectivity index (χ1n) is 5.13. The Morgan fingerprint density at radius 2 is 2.19 bits per heavy atom. The number of hydrogen-bond donors (Lipinski definition) is 2. The number of hydrogen-bond acceptors (Lipinski definition) is 2. The Morgan fingerprint density at radius 3 is 3.00 bits per heavy atom. The molecular weight excluding hydrogens is 222 g/mol. The molecule has 3 rings (SSSR count). The Balaban J connectivity index is 0.000000963. The summed E-state index contributed by atoms with van der Waals surface area (Å²) in [6.45, 7) is 1.94. The molecule has 1 aliphatic rings. The highest BCUT2D eigenvalue weighted by Gasteiger charge is 2.14. The number of fused-ring (bicyclic) bond motifs is 3. The third-order valence-corrected chi connectivity index (χ3v) is 2.98. The van der Waals surface area contributed by atoms with Gasteiger partial charge in [-0.3, -0.25) is 0 Å². The van der Waals surface area contributed by atoms with Crippen molar-refractivity contribution in [3.05, 3.63) is 35.0 Å². The normalized spacial score (nSPS) is 13.9. The molecule has 0 bridgehead atoms. The number of benzene rings is 1. The number of nitriles is 1. The van der Waals surface area contributed by atoms with E-state index in [0.29, 0.717) is 0 Å². The molecule has 0 unspecified atom stereocenters. The first-order chi connectivity index (χ1) is 7.38. The molecule has 2 heterocycles. The predicted molar refractivity (Wildman–Crippen MR) is 65.7 cm³/mol. The van der Waals surface area contributed by atoms with Gasteiger partial charge in [0.25, 0.3) is 0 Å². The zero-order chi connectivity index (χ0) is 10.3. The number of nitrogens with one attached hydrogen (secondary N) is 2. The molecule has 1 aromatic carbocycles. The summed E-state index contributed by atoms with van der Waals surface area (Å²) < 4.78 is 0. The molecule has 2 aromatic rings. The zero-order valence-electron chi connectivity index (χ0n) is 8.71. The number of H-pyrrole nitrogens is 1. The van der Waals surface area contributed by atoms with Crippen LogP contribution >= 0.6 is 12.4 Å². The summed E-state index contributed by atoms with van der Waals surface area (Å²) in [5.41, 5.74) is 4.52. The average Bonchev–Trinajstić information content (AvgIpc) is 2.66. The van der Waals surface area contributed by atoms with Crippen LogP contribution in [0.2, 0.25) is 0 Å². The molecule has 0 atom stereocenters. The largest absolute Gasteiger partial charge is 0.358 e. The van der Waals surface area contributed by atoms with Crippen LogP contribution in [-0.4, -0.2) is 11.5 Å². The molecule has 3 nitrogen and oxygen atoms in total. The van der Waals surface area contributed by atoms with Crippen molar-refractivity contribution in [2.24, 2.45) is 0 Å². The Labute approximate surface area is 99.9 Å². The van der Waals surface area contributed by atoms with Crippen molar-refractivity contribution < 1.29 is 0 Å². The van der Waals surface area contributed by atoms with Crippen molar-refractivity contribution in [2.45, 2.75) is 13.0 Å². The van der Waals surface area contributed by atoms with E-state index in [0.717, 1.165) is 30.6 Å². The van der Waals surface area contributed by atoms with Gasteiger partial charge in [-0.05, 0) is 23.8 Å². The van der Waals surface area contributed by atoms with Gasteiger partial charge in [0.1, 0.15) is 0 Å². The van der Waals surface area contributed by atoms with Crippen LogP contribution in [0.1, 0.15) is 16.8 Å². The van der Waals surface area contributed by atoms with Gasteiger partial charge in [-0.1, -0.05) is 0 Å². The van der Waals surface area contributed by atoms with Gasteiger partial charge < -0.3 is 10.3 Å². The maximum atomic E-state index is 8.86. The lowest BCUT2D eigenvalue weighted by Crippen LogP contribution is -2.22. The average molecular weight is 234 g/mol. The van der Waals surface area contributed by atoms with Crippen LogP contribution in [0, 0.1) is 11.3 Å². The van der Waals surface area contributed by atoms with E-state index in [-0.39, 0.29) is 12.4 Å². The fraction of sp³-hybridized carbons (Fsp3) is 0.250. The molecule has 0 saturated carbocycles. The van der Waals surface area contributed by atoms with E-state index >= 15 is 0 Å². The molecule has 4 heteroatoms. The third-order valence-electron chi connectivity index (χ3n) is 2.98. The summed E-state index contributed by atoms with van der Waals surface area (Å²) in [7, 11) is 0. The predicted octanol–water partition coefficient (Wildman–Crippen LogP) is 2.11. The van der Waals surface area contributed by atoms with Crippen LogP contribution in [-0.2, 0) is 13.0 Å². The summed E-state index contributed by atoms with van der Waals surface area (Å²) in [6, 6.07) is 8.00. The Bertz CT molecular complexity index is 565. The second-order valence-corrected chi connectivity index (χ2v) is 3.88. The lowest BCUT2D eigenvalue weighted by Gasteiger charge is -2.12. The van der Waals surface area contributed by atoms with Crippen molar-refractivity contribution >= 4 is 23.3 Å². The zero-order valence-corrected chi connectivity index (χ0v) is 9.53. The molecule has 1 aliphatic heterocycles. The van der Waals surface area contributed by atoms with Gasteiger partial charge in [0.15, 0.2) is 0 Å². The second-order valence-electron chi connectivity index (χ2n) is 3.88. The minimum Gasteiger partial charge on any atom is -0.358 e. The molecule has 0 amide bonds. The molecule has 2 N–H and O–H groups in total. The van der Waals surface area contributed by atoms with Crippen LogP contribution in [0.3, 0.4) is 0 Å². The third kappa shape index (κ3) is 1.57. The first-order valence-corrected chi connectivity index (χ1v) is 5.13. The van der Waals surface area contributed by atoms with Gasteiger partial charge >= 0.3 is 0 Å². The van der Waals surface area contributed by atoms with Crippen LogP contribution in [0.25, 0.3) is 10.9 Å². The van der Waals surface area contributed by atoms with E-state index in [1.807, 2.05) is 18.2 Å². The molecule has 0 radical (unpaired) electrons. The van der Waals surface area contributed by atoms with Gasteiger partial charge in [-0.2, -0.15) is 5.26 Å². The maximum absolute atomic E-state index is 8.86. The van der Waals surface area contributed by atoms with E-state index in [1.165, 1.54) is 16.6 Å². The summed E-state index contributed by atoms with van der Waals surface area (Å²) >= 11 is 0. The van der Waals surface area contributed by atoms with Crippen LogP contribution in [0.5, 0.6) is 0 Å². The van der Waals surface area contributed by atoms with Gasteiger partial charge in [-0.25, -0.2) is 0 Å². The van der Waals surface area contributed by atoms with Crippen molar-refractivity contribution in [3.63, 3.8) is 0 Å². The standard InChI is InChI=1S/C12H11N3.ClH/c13-6-8-1-2-11-9(5-8)10-7-14-4-3-12(10)15-11;/h1-2,5,14-15H,3-4,7H2;1H. The number of aromatic amines is 1. The second kappa shape index (κ2) is 4.17. The number of nitrogens with zero attached hydrogens (tertiary/aromatic N) is 1. The van der Waals surface area contributed by atoms with Gasteiger partial charge in [0.05, 0.1) is 11.6 Å². The van der Waals surface area contributed by atoms with Crippen LogP contribution < -0.4 is 5.32 Å². The Morgan fingerprint density at radius 1 is 1.31 bits per heavy atom. The summed E-state index contributed by atoms with van der Waals surface area (Å²) in [4.78, 5) is 3.42. The highest BCUT2D eigenvalue weighted by molar-refractivity contribution is 5.86. The molecule has 0 saturated heterocycles. The first kappa shape index (κ1) is 11.0. The topological polar surface area (TPSA) is 51.6 Å². The van der Waals surface area contributed by atoms with Crippen LogP contribution in [0.15, 0.2) is 18.2 Å². The Hall–Kier alpha value is -1.50. The lowest BCUT2D eigenvalue weighted by molar-refractivity contribution is 0.641. The maximum Gasteiger partial charge on any atom is 0.0991 e. The monoisotopic (exact) mass is 233 g/mol. The van der Waals surface area contributed by atoms with Crippen LogP contribution in [0.4, 0.5) is 0 Å². The summed E-state index contributed by atoms with van der Waals surface area (Å²) in [5, 5.41) is 13.4. The number of aromatic nitrogens is 1. The van der Waals surface area contributed by atoms with E-state index in [1.54, 1.807) is 0 Å².